The minimum atomic E-state index is -0.605. The van der Waals surface area contributed by atoms with E-state index < -0.39 is 6.09 Å². The van der Waals surface area contributed by atoms with Gasteiger partial charge in [0.05, 0.1) is 16.1 Å². The minimum absolute atomic E-state index is 0.0652. The number of hydrogen-bond acceptors (Lipinski definition) is 3. The second-order valence-electron chi connectivity index (χ2n) is 2.88. The first kappa shape index (κ1) is 13.9. The third-order valence-corrected chi connectivity index (χ3v) is 2.91. The second kappa shape index (κ2) is 6.52. The van der Waals surface area contributed by atoms with Crippen LogP contribution in [-0.2, 0) is 4.74 Å². The lowest BCUT2D eigenvalue weighted by molar-refractivity contribution is 0.176. The number of methoxy groups -OCH3 is 1. The molecule has 0 unspecified atom stereocenters. The Labute approximate surface area is 116 Å². The molecule has 0 aliphatic heterocycles. The molecule has 0 saturated carbocycles. The topological polar surface area (TPSA) is 47.6 Å². The molecule has 0 saturated heterocycles. The Morgan fingerprint density at radius 3 is 2.53 bits per heavy atom. The van der Waals surface area contributed by atoms with Gasteiger partial charge in [0.1, 0.15) is 5.75 Å². The highest BCUT2D eigenvalue weighted by Crippen LogP contribution is 2.36. The standard InChI is InChI=1S/C11H9Br2NO3/c1-3-4-17-11(15)14-7-5-8(12)10(16-2)9(13)6-7/h1,5-6H,4H2,2H3,(H,14,15). The highest BCUT2D eigenvalue weighted by atomic mass is 79.9. The molecule has 0 spiro atoms. The number of hydrogen-bond donors (Lipinski definition) is 1. The van der Waals surface area contributed by atoms with Gasteiger partial charge in [0, 0.05) is 5.69 Å². The number of nitrogens with one attached hydrogen (secondary N) is 1. The van der Waals surface area contributed by atoms with E-state index in [1.807, 2.05) is 0 Å². The monoisotopic (exact) mass is 361 g/mol. The van der Waals surface area contributed by atoms with Crippen LogP contribution in [0, 0.1) is 12.3 Å². The van der Waals surface area contributed by atoms with Crippen molar-refractivity contribution in [1.82, 2.24) is 0 Å². The van der Waals surface area contributed by atoms with Gasteiger partial charge in [-0.2, -0.15) is 0 Å². The SMILES string of the molecule is C#CCOC(=O)Nc1cc(Br)c(OC)c(Br)c1. The molecule has 1 amide bonds. The first-order valence-corrected chi connectivity index (χ1v) is 6.07. The van der Waals surface area contributed by atoms with Gasteiger partial charge in [-0.25, -0.2) is 4.79 Å². The summed E-state index contributed by atoms with van der Waals surface area (Å²) >= 11 is 6.64. The Kier molecular flexibility index (Phi) is 5.32. The fraction of sp³-hybridized carbons (Fsp3) is 0.182. The molecule has 0 aromatic heterocycles. The van der Waals surface area contributed by atoms with Gasteiger partial charge in [0.25, 0.3) is 0 Å². The van der Waals surface area contributed by atoms with E-state index in [0.717, 1.165) is 0 Å². The predicted molar refractivity (Wildman–Crippen MR) is 72.2 cm³/mol. The second-order valence-corrected chi connectivity index (χ2v) is 4.59. The van der Waals surface area contributed by atoms with Crippen LogP contribution in [0.1, 0.15) is 0 Å². The highest BCUT2D eigenvalue weighted by Gasteiger charge is 2.10. The summed E-state index contributed by atoms with van der Waals surface area (Å²) in [6.07, 6.45) is 4.37. The van der Waals surface area contributed by atoms with Crippen molar-refractivity contribution < 1.29 is 14.3 Å². The van der Waals surface area contributed by atoms with E-state index in [1.54, 1.807) is 19.2 Å². The average molecular weight is 363 g/mol. The molecule has 0 radical (unpaired) electrons. The maximum Gasteiger partial charge on any atom is 0.412 e. The molecule has 0 aliphatic carbocycles. The van der Waals surface area contributed by atoms with Crippen molar-refractivity contribution in [3.05, 3.63) is 21.1 Å². The van der Waals surface area contributed by atoms with E-state index in [1.165, 1.54) is 0 Å². The van der Waals surface area contributed by atoms with Crippen molar-refractivity contribution in [1.29, 1.82) is 0 Å². The van der Waals surface area contributed by atoms with Gasteiger partial charge in [-0.3, -0.25) is 5.32 Å². The molecule has 0 bridgehead atoms. The first-order chi connectivity index (χ1) is 8.08. The van der Waals surface area contributed by atoms with Crippen LogP contribution in [-0.4, -0.2) is 19.8 Å². The lowest BCUT2D eigenvalue weighted by atomic mass is 10.3. The summed E-state index contributed by atoms with van der Waals surface area (Å²) < 4.78 is 11.2. The number of amides is 1. The van der Waals surface area contributed by atoms with E-state index in [9.17, 15) is 4.79 Å². The number of ether oxygens (including phenoxy) is 2. The number of carbonyl (C=O) groups excluding carboxylic acids is 1. The third-order valence-electron chi connectivity index (χ3n) is 1.74. The van der Waals surface area contributed by atoms with E-state index >= 15 is 0 Å². The van der Waals surface area contributed by atoms with Gasteiger partial charge < -0.3 is 9.47 Å². The zero-order chi connectivity index (χ0) is 12.8. The maximum atomic E-state index is 11.3. The molecular weight excluding hydrogens is 354 g/mol. The maximum absolute atomic E-state index is 11.3. The van der Waals surface area contributed by atoms with Gasteiger partial charge >= 0.3 is 6.09 Å². The molecule has 4 nitrogen and oxygen atoms in total. The summed E-state index contributed by atoms with van der Waals surface area (Å²) in [4.78, 5) is 11.3. The van der Waals surface area contributed by atoms with Crippen LogP contribution in [0.2, 0.25) is 0 Å². The molecule has 0 fully saturated rings. The first-order valence-electron chi connectivity index (χ1n) is 4.48. The van der Waals surface area contributed by atoms with Crippen LogP contribution in [0.4, 0.5) is 10.5 Å². The molecule has 1 aromatic rings. The minimum Gasteiger partial charge on any atom is -0.494 e. The van der Waals surface area contributed by atoms with Crippen LogP contribution in [0.25, 0.3) is 0 Å². The molecular formula is C11H9Br2NO3. The predicted octanol–water partition coefficient (Wildman–Crippen LogP) is 3.40. The van der Waals surface area contributed by atoms with Crippen molar-refractivity contribution in [3.8, 4) is 18.1 Å². The number of benzene rings is 1. The Hall–Kier alpha value is -1.19. The molecule has 17 heavy (non-hydrogen) atoms. The molecule has 0 heterocycles. The van der Waals surface area contributed by atoms with Crippen molar-refractivity contribution >= 4 is 43.6 Å². The summed E-state index contributed by atoms with van der Waals surface area (Å²) in [7, 11) is 1.55. The van der Waals surface area contributed by atoms with Crippen molar-refractivity contribution in [2.45, 2.75) is 0 Å². The summed E-state index contributed by atoms with van der Waals surface area (Å²) in [6, 6.07) is 3.39. The zero-order valence-electron chi connectivity index (χ0n) is 8.92. The Bertz CT molecular complexity index is 445. The number of terminal acetylenes is 1. The lowest BCUT2D eigenvalue weighted by Crippen LogP contribution is -2.13. The smallest absolute Gasteiger partial charge is 0.412 e. The molecule has 0 aliphatic rings. The van der Waals surface area contributed by atoms with Crippen molar-refractivity contribution in [2.24, 2.45) is 0 Å². The van der Waals surface area contributed by atoms with E-state index in [2.05, 4.69) is 47.8 Å². The third kappa shape index (κ3) is 3.95. The Balaban J connectivity index is 2.80. The van der Waals surface area contributed by atoms with Crippen LogP contribution in [0.3, 0.4) is 0 Å². The fourth-order valence-electron chi connectivity index (χ4n) is 1.09. The van der Waals surface area contributed by atoms with Gasteiger partial charge in [0.2, 0.25) is 0 Å². The van der Waals surface area contributed by atoms with Gasteiger partial charge in [-0.05, 0) is 44.0 Å². The number of anilines is 1. The van der Waals surface area contributed by atoms with E-state index in [4.69, 9.17) is 11.2 Å². The summed E-state index contributed by atoms with van der Waals surface area (Å²) in [5, 5.41) is 2.54. The van der Waals surface area contributed by atoms with Crippen LogP contribution < -0.4 is 10.1 Å². The number of halogens is 2. The molecule has 1 rings (SSSR count). The van der Waals surface area contributed by atoms with Crippen LogP contribution >= 0.6 is 31.9 Å². The Morgan fingerprint density at radius 1 is 1.47 bits per heavy atom. The highest BCUT2D eigenvalue weighted by molar-refractivity contribution is 9.11. The van der Waals surface area contributed by atoms with Crippen LogP contribution in [0.15, 0.2) is 21.1 Å². The van der Waals surface area contributed by atoms with Crippen molar-refractivity contribution in [2.75, 3.05) is 19.0 Å². The fourth-order valence-corrected chi connectivity index (χ4v) is 2.60. The summed E-state index contributed by atoms with van der Waals surface area (Å²) in [6.45, 7) is -0.0652. The molecule has 1 aromatic carbocycles. The molecule has 1 N–H and O–H groups in total. The van der Waals surface area contributed by atoms with Gasteiger partial charge in [-0.15, -0.1) is 6.42 Å². The van der Waals surface area contributed by atoms with E-state index in [-0.39, 0.29) is 6.61 Å². The lowest BCUT2D eigenvalue weighted by Gasteiger charge is -2.10. The molecule has 90 valence electrons. The summed E-state index contributed by atoms with van der Waals surface area (Å²) in [5.74, 6) is 2.85. The van der Waals surface area contributed by atoms with Crippen LogP contribution in [0.5, 0.6) is 5.75 Å². The normalized spacial score (nSPS) is 9.29. The molecule has 6 heteroatoms. The zero-order valence-corrected chi connectivity index (χ0v) is 12.1. The van der Waals surface area contributed by atoms with E-state index in [0.29, 0.717) is 20.4 Å². The number of carbonyl (C=O) groups is 1. The van der Waals surface area contributed by atoms with Gasteiger partial charge in [0.15, 0.2) is 6.61 Å². The van der Waals surface area contributed by atoms with Gasteiger partial charge in [-0.1, -0.05) is 5.92 Å². The number of rotatable bonds is 3. The molecule has 0 atom stereocenters. The Morgan fingerprint density at radius 2 is 2.06 bits per heavy atom. The average Bonchev–Trinajstić information content (AvgIpc) is 2.26. The largest absolute Gasteiger partial charge is 0.494 e. The van der Waals surface area contributed by atoms with Crippen molar-refractivity contribution in [3.63, 3.8) is 0 Å². The quantitative estimate of drug-likeness (QED) is 0.838. The summed E-state index contributed by atoms with van der Waals surface area (Å²) in [5.41, 5.74) is 0.562.